The van der Waals surface area contributed by atoms with Crippen LogP contribution in [0.4, 0.5) is 0 Å². The van der Waals surface area contributed by atoms with Crippen LogP contribution in [0.2, 0.25) is 0 Å². The van der Waals surface area contributed by atoms with Crippen LogP contribution in [0.5, 0.6) is 0 Å². The fourth-order valence-electron chi connectivity index (χ4n) is 2.49. The lowest BCUT2D eigenvalue weighted by Gasteiger charge is -2.28. The molecule has 2 unspecified atom stereocenters. The molecule has 0 bridgehead atoms. The number of hydrogen-bond acceptors (Lipinski definition) is 4. The summed E-state index contributed by atoms with van der Waals surface area (Å²) in [6.07, 6.45) is 0.951. The Morgan fingerprint density at radius 3 is 2.78 bits per heavy atom. The molecule has 1 fully saturated rings. The van der Waals surface area contributed by atoms with Crippen LogP contribution in [0, 0.1) is 13.8 Å². The van der Waals surface area contributed by atoms with Crippen LogP contribution in [0.25, 0.3) is 0 Å². The van der Waals surface area contributed by atoms with E-state index in [9.17, 15) is 0 Å². The minimum absolute atomic E-state index is 0.166. The van der Waals surface area contributed by atoms with Crippen LogP contribution in [-0.2, 0) is 9.47 Å². The zero-order chi connectivity index (χ0) is 13.2. The van der Waals surface area contributed by atoms with E-state index in [1.807, 2.05) is 13.8 Å². The molecule has 1 saturated heterocycles. The van der Waals surface area contributed by atoms with Crippen molar-refractivity contribution >= 4 is 0 Å². The Labute approximate surface area is 109 Å². The fourth-order valence-corrected chi connectivity index (χ4v) is 2.49. The Hall–Kier alpha value is -0.840. The zero-order valence-electron chi connectivity index (χ0n) is 11.7. The highest BCUT2D eigenvalue weighted by molar-refractivity contribution is 5.23. The summed E-state index contributed by atoms with van der Waals surface area (Å²) in [6, 6.07) is 2.35. The number of hydrogen-bond donors (Lipinski definition) is 1. The Morgan fingerprint density at radius 1 is 1.50 bits per heavy atom. The van der Waals surface area contributed by atoms with Crippen molar-refractivity contribution in [3.8, 4) is 0 Å². The van der Waals surface area contributed by atoms with Gasteiger partial charge in [-0.1, -0.05) is 0 Å². The third-order valence-corrected chi connectivity index (χ3v) is 3.78. The molecular formula is C14H23NO3. The zero-order valence-corrected chi connectivity index (χ0v) is 11.7. The molecule has 1 aliphatic heterocycles. The normalized spacial score (nSPS) is 25.6. The van der Waals surface area contributed by atoms with Gasteiger partial charge >= 0.3 is 0 Å². The Kier molecular flexibility index (Phi) is 4.10. The molecule has 0 saturated carbocycles. The van der Waals surface area contributed by atoms with Crippen molar-refractivity contribution in [3.63, 3.8) is 0 Å². The lowest BCUT2D eigenvalue weighted by atomic mass is 10.0. The highest BCUT2D eigenvalue weighted by Crippen LogP contribution is 2.25. The average Bonchev–Trinajstić information content (AvgIpc) is 2.94. The third kappa shape index (κ3) is 2.76. The van der Waals surface area contributed by atoms with E-state index < -0.39 is 0 Å². The summed E-state index contributed by atoms with van der Waals surface area (Å²) in [5.74, 6) is 1.95. The predicted octanol–water partition coefficient (Wildman–Crippen LogP) is 2.35. The summed E-state index contributed by atoms with van der Waals surface area (Å²) >= 11 is 0. The molecule has 2 rings (SSSR count). The Bertz CT molecular complexity index is 394. The molecule has 0 spiro atoms. The van der Waals surface area contributed by atoms with E-state index in [1.165, 1.54) is 5.56 Å². The first-order valence-corrected chi connectivity index (χ1v) is 6.49. The molecular weight excluding hydrogens is 230 g/mol. The van der Waals surface area contributed by atoms with Gasteiger partial charge in [0.05, 0.1) is 6.61 Å². The summed E-state index contributed by atoms with van der Waals surface area (Å²) in [5.41, 5.74) is 1.05. The van der Waals surface area contributed by atoms with Gasteiger partial charge in [0.25, 0.3) is 0 Å². The van der Waals surface area contributed by atoms with E-state index in [1.54, 1.807) is 7.11 Å². The van der Waals surface area contributed by atoms with Crippen molar-refractivity contribution in [1.29, 1.82) is 0 Å². The summed E-state index contributed by atoms with van der Waals surface area (Å²) < 4.78 is 16.6. The van der Waals surface area contributed by atoms with Crippen LogP contribution >= 0.6 is 0 Å². The monoisotopic (exact) mass is 253 g/mol. The van der Waals surface area contributed by atoms with Crippen LogP contribution in [-0.4, -0.2) is 32.5 Å². The van der Waals surface area contributed by atoms with Crippen LogP contribution in [0.3, 0.4) is 0 Å². The van der Waals surface area contributed by atoms with Gasteiger partial charge in [-0.3, -0.25) is 0 Å². The average molecular weight is 253 g/mol. The van der Waals surface area contributed by atoms with E-state index >= 15 is 0 Å². The van der Waals surface area contributed by atoms with E-state index in [0.29, 0.717) is 6.61 Å². The molecule has 102 valence electrons. The lowest BCUT2D eigenvalue weighted by Crippen LogP contribution is -2.43. The molecule has 4 heteroatoms. The first-order chi connectivity index (χ1) is 8.56. The van der Waals surface area contributed by atoms with Gasteiger partial charge in [0, 0.05) is 38.3 Å². The second kappa shape index (κ2) is 5.43. The molecule has 1 aromatic rings. The Morgan fingerprint density at radius 2 is 2.28 bits per heavy atom. The van der Waals surface area contributed by atoms with Gasteiger partial charge < -0.3 is 19.2 Å². The molecule has 2 heterocycles. The van der Waals surface area contributed by atoms with Crippen molar-refractivity contribution < 1.29 is 13.9 Å². The van der Waals surface area contributed by atoms with Gasteiger partial charge in [0.15, 0.2) is 0 Å². The molecule has 4 nitrogen and oxygen atoms in total. The molecule has 1 aliphatic rings. The summed E-state index contributed by atoms with van der Waals surface area (Å²) in [4.78, 5) is 0. The maximum Gasteiger partial charge on any atom is 0.106 e. The van der Waals surface area contributed by atoms with Gasteiger partial charge in [-0.2, -0.15) is 0 Å². The second-order valence-corrected chi connectivity index (χ2v) is 5.16. The highest BCUT2D eigenvalue weighted by atomic mass is 16.5. The standard InChI is InChI=1S/C14H23NO3/c1-10-7-13(12(3)18-10)11(2)15-8-14(16-4)5-6-17-9-14/h7,11,15H,5-6,8-9H2,1-4H3. The fraction of sp³-hybridized carbons (Fsp3) is 0.714. The summed E-state index contributed by atoms with van der Waals surface area (Å²) in [7, 11) is 1.76. The van der Waals surface area contributed by atoms with E-state index in [2.05, 4.69) is 18.3 Å². The van der Waals surface area contributed by atoms with Crippen molar-refractivity contribution in [1.82, 2.24) is 5.32 Å². The topological polar surface area (TPSA) is 43.6 Å². The molecule has 0 aliphatic carbocycles. The molecule has 0 amide bonds. The SMILES string of the molecule is COC1(CNC(C)c2cc(C)oc2C)CCOC1. The maximum absolute atomic E-state index is 5.61. The molecule has 18 heavy (non-hydrogen) atoms. The first kappa shape index (κ1) is 13.6. The summed E-state index contributed by atoms with van der Waals surface area (Å²) in [5, 5.41) is 3.52. The van der Waals surface area contributed by atoms with Crippen molar-refractivity contribution in [3.05, 3.63) is 23.2 Å². The molecule has 0 radical (unpaired) electrons. The van der Waals surface area contributed by atoms with Crippen LogP contribution < -0.4 is 5.32 Å². The minimum Gasteiger partial charge on any atom is -0.466 e. The number of rotatable bonds is 5. The molecule has 0 aromatic carbocycles. The summed E-state index contributed by atoms with van der Waals surface area (Å²) in [6.45, 7) is 8.39. The molecule has 1 N–H and O–H groups in total. The number of nitrogens with one attached hydrogen (secondary N) is 1. The van der Waals surface area contributed by atoms with E-state index in [4.69, 9.17) is 13.9 Å². The van der Waals surface area contributed by atoms with Crippen molar-refractivity contribution in [2.75, 3.05) is 26.9 Å². The lowest BCUT2D eigenvalue weighted by molar-refractivity contribution is -0.0172. The van der Waals surface area contributed by atoms with Gasteiger partial charge in [-0.15, -0.1) is 0 Å². The Balaban J connectivity index is 1.95. The maximum atomic E-state index is 5.61. The number of furan rings is 1. The number of ether oxygens (including phenoxy) is 2. The quantitative estimate of drug-likeness (QED) is 0.875. The minimum atomic E-state index is -0.166. The number of aryl methyl sites for hydroxylation is 2. The van der Waals surface area contributed by atoms with Gasteiger partial charge in [-0.05, 0) is 26.8 Å². The number of methoxy groups -OCH3 is 1. The van der Waals surface area contributed by atoms with E-state index in [0.717, 1.165) is 31.1 Å². The van der Waals surface area contributed by atoms with Crippen LogP contribution in [0.15, 0.2) is 10.5 Å². The largest absolute Gasteiger partial charge is 0.466 e. The smallest absolute Gasteiger partial charge is 0.106 e. The second-order valence-electron chi connectivity index (χ2n) is 5.16. The van der Waals surface area contributed by atoms with Crippen LogP contribution in [0.1, 0.15) is 36.5 Å². The predicted molar refractivity (Wildman–Crippen MR) is 69.8 cm³/mol. The van der Waals surface area contributed by atoms with E-state index in [-0.39, 0.29) is 11.6 Å². The van der Waals surface area contributed by atoms with Crippen molar-refractivity contribution in [2.24, 2.45) is 0 Å². The van der Waals surface area contributed by atoms with Gasteiger partial charge in [0.1, 0.15) is 17.1 Å². The van der Waals surface area contributed by atoms with Gasteiger partial charge in [-0.25, -0.2) is 0 Å². The molecule has 2 atom stereocenters. The molecule has 1 aromatic heterocycles. The van der Waals surface area contributed by atoms with Crippen molar-refractivity contribution in [2.45, 2.75) is 38.8 Å². The first-order valence-electron chi connectivity index (χ1n) is 6.49. The third-order valence-electron chi connectivity index (χ3n) is 3.78. The van der Waals surface area contributed by atoms with Gasteiger partial charge in [0.2, 0.25) is 0 Å². The highest BCUT2D eigenvalue weighted by Gasteiger charge is 2.35.